The molecule has 15 nitrogen and oxygen atoms in total. The third-order valence-corrected chi connectivity index (χ3v) is 9.27. The van der Waals surface area contributed by atoms with Gasteiger partial charge in [0.1, 0.15) is 25.7 Å². The molecule has 2 atom stereocenters. The quantitative estimate of drug-likeness (QED) is 0.163. The van der Waals surface area contributed by atoms with E-state index >= 15 is 0 Å². The number of aromatic amines is 1. The Labute approximate surface area is 286 Å². The zero-order valence-corrected chi connectivity index (χ0v) is 27.7. The van der Waals surface area contributed by atoms with Crippen LogP contribution < -0.4 is 27.4 Å². The second-order valence-corrected chi connectivity index (χ2v) is 12.7. The standard InChI is InChI=1S/C33H31FN6O9S/c1-3-33(49-26(42)12-35-29(44)23(8-9-50-2)36-25(41)15-39-14-21(34)28(43)38-32(39)47)20-11-24-27-18(10-17-6-4-5-7-22(17)37-27)13-40(24)30(45)19(20)16-48-31(33)46/h4-7,10-11,14,23H,3,8-9,12-13,15-16H2,1-2H3,(H,35,44)(H,36,41)(H,38,43,47)/t23-,33-/m0/s1. The number of hydrogen-bond acceptors (Lipinski definition) is 11. The van der Waals surface area contributed by atoms with Crippen molar-refractivity contribution in [3.05, 3.63) is 96.3 Å². The summed E-state index contributed by atoms with van der Waals surface area (Å²) in [5.74, 6) is -4.35. The highest BCUT2D eigenvalue weighted by Gasteiger charge is 2.50. The van der Waals surface area contributed by atoms with Crippen molar-refractivity contribution in [1.29, 1.82) is 0 Å². The molecule has 2 aliphatic heterocycles. The maximum Gasteiger partial charge on any atom is 0.355 e. The Morgan fingerprint density at radius 2 is 1.96 bits per heavy atom. The minimum absolute atomic E-state index is 0.0868. The van der Waals surface area contributed by atoms with Crippen LogP contribution in [0.1, 0.15) is 36.5 Å². The number of esters is 2. The van der Waals surface area contributed by atoms with Crippen molar-refractivity contribution < 1.29 is 33.0 Å². The number of hydrogen-bond donors (Lipinski definition) is 3. The van der Waals surface area contributed by atoms with E-state index in [1.165, 1.54) is 11.8 Å². The molecule has 2 amide bonds. The maximum atomic E-state index is 13.8. The molecule has 0 radical (unpaired) electrons. The molecule has 5 heterocycles. The molecule has 50 heavy (non-hydrogen) atoms. The van der Waals surface area contributed by atoms with Crippen LogP contribution in [0.5, 0.6) is 0 Å². The fraction of sp³-hybridized carbons (Fsp3) is 0.333. The molecule has 1 aromatic carbocycles. The molecule has 0 bridgehead atoms. The molecular formula is C33H31FN6O9S. The number of pyridine rings is 2. The van der Waals surface area contributed by atoms with E-state index in [9.17, 15) is 38.0 Å². The smallest absolute Gasteiger partial charge is 0.355 e. The first kappa shape index (κ1) is 34.3. The normalized spacial score (nSPS) is 16.5. The number of ether oxygens (including phenoxy) is 2. The van der Waals surface area contributed by atoms with E-state index in [0.29, 0.717) is 27.9 Å². The number of halogens is 1. The van der Waals surface area contributed by atoms with E-state index in [1.807, 2.05) is 30.3 Å². The maximum absolute atomic E-state index is 13.8. The van der Waals surface area contributed by atoms with Gasteiger partial charge in [-0.1, -0.05) is 25.1 Å². The van der Waals surface area contributed by atoms with Gasteiger partial charge < -0.3 is 24.7 Å². The van der Waals surface area contributed by atoms with Gasteiger partial charge in [0, 0.05) is 16.5 Å². The van der Waals surface area contributed by atoms with Crippen molar-refractivity contribution in [3.63, 3.8) is 0 Å². The second-order valence-electron chi connectivity index (χ2n) is 11.7. The number of H-pyrrole nitrogens is 1. The molecule has 3 aromatic heterocycles. The predicted molar refractivity (Wildman–Crippen MR) is 178 cm³/mol. The fourth-order valence-corrected chi connectivity index (χ4v) is 6.57. The molecule has 260 valence electrons. The lowest BCUT2D eigenvalue weighted by Gasteiger charge is -2.35. The lowest BCUT2D eigenvalue weighted by molar-refractivity contribution is -0.189. The zero-order chi connectivity index (χ0) is 35.7. The monoisotopic (exact) mass is 706 g/mol. The van der Waals surface area contributed by atoms with Crippen LogP contribution in [0.2, 0.25) is 0 Å². The van der Waals surface area contributed by atoms with Crippen LogP contribution in [0.3, 0.4) is 0 Å². The molecule has 0 spiro atoms. The zero-order valence-electron chi connectivity index (χ0n) is 26.9. The Kier molecular flexibility index (Phi) is 9.42. The Bertz CT molecular complexity index is 2250. The molecule has 4 aromatic rings. The van der Waals surface area contributed by atoms with Crippen LogP contribution >= 0.6 is 11.8 Å². The number of fused-ring (bicyclic) bond motifs is 5. The van der Waals surface area contributed by atoms with Gasteiger partial charge in [-0.3, -0.25) is 33.5 Å². The summed E-state index contributed by atoms with van der Waals surface area (Å²) >= 11 is 1.38. The minimum atomic E-state index is -1.99. The number of nitrogens with zero attached hydrogens (tertiary/aromatic N) is 3. The number of para-hydroxylation sites is 1. The lowest BCUT2D eigenvalue weighted by atomic mass is 9.85. The van der Waals surface area contributed by atoms with Gasteiger partial charge >= 0.3 is 17.6 Å². The van der Waals surface area contributed by atoms with E-state index < -0.39 is 71.1 Å². The van der Waals surface area contributed by atoms with E-state index in [-0.39, 0.29) is 37.1 Å². The third kappa shape index (κ3) is 6.31. The number of benzene rings is 1. The van der Waals surface area contributed by atoms with Gasteiger partial charge in [0.15, 0.2) is 0 Å². The van der Waals surface area contributed by atoms with Gasteiger partial charge in [-0.05, 0) is 43.0 Å². The summed E-state index contributed by atoms with van der Waals surface area (Å²) in [6, 6.07) is 9.94. The number of nitrogens with one attached hydrogen (secondary N) is 3. The molecule has 0 fully saturated rings. The van der Waals surface area contributed by atoms with Crippen LogP contribution in [0, 0.1) is 5.82 Å². The molecule has 0 saturated heterocycles. The minimum Gasteiger partial charge on any atom is -0.457 e. The first-order chi connectivity index (χ1) is 23.9. The topological polar surface area (TPSA) is 201 Å². The lowest BCUT2D eigenvalue weighted by Crippen LogP contribution is -2.51. The first-order valence-corrected chi connectivity index (χ1v) is 17.0. The molecule has 2 aliphatic rings. The number of rotatable bonds is 11. The highest BCUT2D eigenvalue weighted by Crippen LogP contribution is 2.40. The van der Waals surface area contributed by atoms with E-state index in [0.717, 1.165) is 16.5 Å². The highest BCUT2D eigenvalue weighted by molar-refractivity contribution is 7.98. The number of carbonyl (C=O) groups excluding carboxylic acids is 4. The van der Waals surface area contributed by atoms with E-state index in [2.05, 4.69) is 10.6 Å². The molecule has 0 saturated carbocycles. The van der Waals surface area contributed by atoms with Gasteiger partial charge in [-0.2, -0.15) is 16.2 Å². The Morgan fingerprint density at radius 3 is 2.72 bits per heavy atom. The average molecular weight is 707 g/mol. The van der Waals surface area contributed by atoms with Gasteiger partial charge in [-0.25, -0.2) is 14.6 Å². The molecule has 6 rings (SSSR count). The Morgan fingerprint density at radius 1 is 1.18 bits per heavy atom. The van der Waals surface area contributed by atoms with Crippen molar-refractivity contribution in [2.24, 2.45) is 0 Å². The summed E-state index contributed by atoms with van der Waals surface area (Å²) < 4.78 is 27.0. The van der Waals surface area contributed by atoms with Crippen molar-refractivity contribution in [1.82, 2.24) is 29.7 Å². The first-order valence-electron chi connectivity index (χ1n) is 15.6. The van der Waals surface area contributed by atoms with Crippen molar-refractivity contribution in [2.45, 2.75) is 51.1 Å². The number of carbonyl (C=O) groups is 4. The van der Waals surface area contributed by atoms with Crippen LogP contribution in [-0.2, 0) is 53.9 Å². The SMILES string of the molecule is CC[C@@]1(OC(=O)CNC(=O)[C@H](CCSC)NC(=O)Cn2cc(F)c(=O)[nH]c2=O)C(=O)OCc2c1cc1n(c2=O)Cc2cc3ccccc3nc2-1. The molecule has 17 heteroatoms. The van der Waals surface area contributed by atoms with Gasteiger partial charge in [-0.15, -0.1) is 0 Å². The number of amides is 2. The summed E-state index contributed by atoms with van der Waals surface area (Å²) in [5.41, 5.74) is -1.75. The summed E-state index contributed by atoms with van der Waals surface area (Å²) in [4.78, 5) is 95.9. The van der Waals surface area contributed by atoms with Crippen LogP contribution in [0.4, 0.5) is 4.39 Å². The highest BCUT2D eigenvalue weighted by atomic mass is 32.2. The largest absolute Gasteiger partial charge is 0.457 e. The fourth-order valence-electron chi connectivity index (χ4n) is 6.09. The van der Waals surface area contributed by atoms with Crippen molar-refractivity contribution in [2.75, 3.05) is 18.6 Å². The molecule has 0 aliphatic carbocycles. The van der Waals surface area contributed by atoms with E-state index in [4.69, 9.17) is 14.5 Å². The van der Waals surface area contributed by atoms with E-state index in [1.54, 1.807) is 28.8 Å². The van der Waals surface area contributed by atoms with Gasteiger partial charge in [0.05, 0.1) is 35.2 Å². The summed E-state index contributed by atoms with van der Waals surface area (Å²) in [7, 11) is 0. The van der Waals surface area contributed by atoms with Crippen LogP contribution in [0.25, 0.3) is 22.3 Å². The number of aromatic nitrogens is 4. The number of thioether (sulfide) groups is 1. The Hall–Kier alpha value is -5.58. The molecule has 0 unspecified atom stereocenters. The van der Waals surface area contributed by atoms with Gasteiger partial charge in [0.25, 0.3) is 11.1 Å². The van der Waals surface area contributed by atoms with Crippen LogP contribution in [-0.4, -0.2) is 67.5 Å². The van der Waals surface area contributed by atoms with Crippen LogP contribution in [0.15, 0.2) is 57.0 Å². The van der Waals surface area contributed by atoms with Gasteiger partial charge in [0.2, 0.25) is 23.2 Å². The Balaban J connectivity index is 1.20. The molecular weight excluding hydrogens is 675 g/mol. The third-order valence-electron chi connectivity index (χ3n) is 8.62. The summed E-state index contributed by atoms with van der Waals surface area (Å²) in [6.07, 6.45) is 2.39. The van der Waals surface area contributed by atoms with Crippen molar-refractivity contribution in [3.8, 4) is 11.4 Å². The number of cyclic esters (lactones) is 1. The molecule has 3 N–H and O–H groups in total. The summed E-state index contributed by atoms with van der Waals surface area (Å²) in [5, 5.41) is 5.75. The van der Waals surface area contributed by atoms with Crippen molar-refractivity contribution >= 4 is 46.4 Å². The predicted octanol–water partition coefficient (Wildman–Crippen LogP) is 0.674. The second kappa shape index (κ2) is 13.7. The summed E-state index contributed by atoms with van der Waals surface area (Å²) in [6.45, 7) is 0.141. The average Bonchev–Trinajstić information content (AvgIpc) is 3.45.